The van der Waals surface area contributed by atoms with Crippen LogP contribution in [-0.2, 0) is 0 Å². The van der Waals surface area contributed by atoms with E-state index in [1.807, 2.05) is 31.2 Å². The number of hydrogen-bond acceptors (Lipinski definition) is 4. The molecule has 5 nitrogen and oxygen atoms in total. The maximum Gasteiger partial charge on any atom is 0.271 e. The van der Waals surface area contributed by atoms with Crippen LogP contribution in [-0.4, -0.2) is 22.3 Å². The van der Waals surface area contributed by atoms with Crippen LogP contribution in [0.4, 0.5) is 0 Å². The first-order valence-electron chi connectivity index (χ1n) is 5.99. The van der Waals surface area contributed by atoms with Crippen molar-refractivity contribution >= 4 is 12.1 Å². The molecule has 2 aromatic carbocycles. The van der Waals surface area contributed by atoms with Crippen molar-refractivity contribution in [2.24, 2.45) is 5.10 Å². The molecular formula is C15H14N2O3. The van der Waals surface area contributed by atoms with Crippen LogP contribution in [0.5, 0.6) is 11.5 Å². The Labute approximate surface area is 116 Å². The summed E-state index contributed by atoms with van der Waals surface area (Å²) in [7, 11) is 0. The van der Waals surface area contributed by atoms with Gasteiger partial charge in [0.15, 0.2) is 11.5 Å². The molecule has 0 bridgehead atoms. The Balaban J connectivity index is 2.05. The fourth-order valence-electron chi connectivity index (χ4n) is 1.62. The van der Waals surface area contributed by atoms with Crippen molar-refractivity contribution in [1.29, 1.82) is 0 Å². The van der Waals surface area contributed by atoms with Gasteiger partial charge in [0, 0.05) is 5.56 Å². The molecule has 0 aliphatic heterocycles. The van der Waals surface area contributed by atoms with E-state index in [1.54, 1.807) is 6.21 Å². The number of aromatic hydroxyl groups is 2. The van der Waals surface area contributed by atoms with Crippen molar-refractivity contribution in [1.82, 2.24) is 5.43 Å². The summed E-state index contributed by atoms with van der Waals surface area (Å²) < 4.78 is 0. The first-order valence-corrected chi connectivity index (χ1v) is 5.99. The third-order valence-electron chi connectivity index (χ3n) is 2.80. The lowest BCUT2D eigenvalue weighted by Gasteiger charge is -2.02. The van der Waals surface area contributed by atoms with Gasteiger partial charge in [-0.15, -0.1) is 0 Å². The van der Waals surface area contributed by atoms with E-state index in [0.717, 1.165) is 11.1 Å². The zero-order chi connectivity index (χ0) is 14.5. The van der Waals surface area contributed by atoms with Gasteiger partial charge < -0.3 is 10.2 Å². The first kappa shape index (κ1) is 13.6. The second-order valence-corrected chi connectivity index (χ2v) is 4.26. The number of phenolic OH excluding ortho intramolecular Hbond substituents is 2. The Morgan fingerprint density at radius 3 is 2.60 bits per heavy atom. The fraction of sp³-hybridized carbons (Fsp3) is 0.0667. The van der Waals surface area contributed by atoms with E-state index >= 15 is 0 Å². The largest absolute Gasteiger partial charge is 0.504 e. The Bertz CT molecular complexity index is 666. The number of carbonyl (C=O) groups excluding carboxylic acids is 1. The number of nitrogens with zero attached hydrogens (tertiary/aromatic N) is 1. The van der Waals surface area contributed by atoms with Crippen molar-refractivity contribution in [2.45, 2.75) is 6.92 Å². The SMILES string of the molecule is Cc1ccccc1C=NNC(=O)c1ccc(O)c(O)c1. The average Bonchev–Trinajstić information content (AvgIpc) is 2.44. The van der Waals surface area contributed by atoms with Crippen molar-refractivity contribution < 1.29 is 15.0 Å². The third kappa shape index (κ3) is 3.14. The number of benzene rings is 2. The molecule has 5 heteroatoms. The number of nitrogens with one attached hydrogen (secondary N) is 1. The number of phenols is 2. The summed E-state index contributed by atoms with van der Waals surface area (Å²) in [6, 6.07) is 11.5. The summed E-state index contributed by atoms with van der Waals surface area (Å²) in [5.41, 5.74) is 4.52. The molecule has 0 atom stereocenters. The number of hydrogen-bond donors (Lipinski definition) is 3. The van der Waals surface area contributed by atoms with Gasteiger partial charge >= 0.3 is 0 Å². The van der Waals surface area contributed by atoms with Crippen LogP contribution >= 0.6 is 0 Å². The highest BCUT2D eigenvalue weighted by molar-refractivity contribution is 5.95. The van der Waals surface area contributed by atoms with E-state index in [9.17, 15) is 9.90 Å². The van der Waals surface area contributed by atoms with Gasteiger partial charge in [0.05, 0.1) is 6.21 Å². The Kier molecular flexibility index (Phi) is 4.00. The molecule has 0 unspecified atom stereocenters. The summed E-state index contributed by atoms with van der Waals surface area (Å²) in [6.45, 7) is 1.95. The van der Waals surface area contributed by atoms with Crippen LogP contribution in [0.1, 0.15) is 21.5 Å². The smallest absolute Gasteiger partial charge is 0.271 e. The number of amides is 1. The third-order valence-corrected chi connectivity index (χ3v) is 2.80. The molecule has 20 heavy (non-hydrogen) atoms. The molecular weight excluding hydrogens is 256 g/mol. The van der Waals surface area contributed by atoms with Crippen LogP contribution in [0.3, 0.4) is 0 Å². The lowest BCUT2D eigenvalue weighted by Crippen LogP contribution is -2.17. The van der Waals surface area contributed by atoms with E-state index in [4.69, 9.17) is 5.11 Å². The van der Waals surface area contributed by atoms with Crippen LogP contribution < -0.4 is 5.43 Å². The van der Waals surface area contributed by atoms with Gasteiger partial charge in [-0.25, -0.2) is 5.43 Å². The summed E-state index contributed by atoms with van der Waals surface area (Å²) in [6.07, 6.45) is 1.55. The quantitative estimate of drug-likeness (QED) is 0.454. The van der Waals surface area contributed by atoms with E-state index in [-0.39, 0.29) is 17.1 Å². The molecule has 0 saturated carbocycles. The summed E-state index contributed by atoms with van der Waals surface area (Å²) in [5, 5.41) is 22.4. The second-order valence-electron chi connectivity index (χ2n) is 4.26. The van der Waals surface area contributed by atoms with Gasteiger partial charge in [-0.1, -0.05) is 24.3 Å². The molecule has 0 fully saturated rings. The lowest BCUT2D eigenvalue weighted by atomic mass is 10.1. The number of aryl methyl sites for hydroxylation is 1. The molecule has 2 rings (SSSR count). The van der Waals surface area contributed by atoms with Crippen LogP contribution in [0.25, 0.3) is 0 Å². The normalized spacial score (nSPS) is 10.7. The van der Waals surface area contributed by atoms with Crippen molar-refractivity contribution in [2.75, 3.05) is 0 Å². The number of hydrazone groups is 1. The maximum atomic E-state index is 11.8. The highest BCUT2D eigenvalue weighted by Crippen LogP contribution is 2.24. The van der Waals surface area contributed by atoms with Crippen LogP contribution in [0.2, 0.25) is 0 Å². The minimum atomic E-state index is -0.467. The predicted molar refractivity (Wildman–Crippen MR) is 76.0 cm³/mol. The molecule has 0 heterocycles. The molecule has 0 aliphatic rings. The average molecular weight is 270 g/mol. The monoisotopic (exact) mass is 270 g/mol. The molecule has 3 N–H and O–H groups in total. The van der Waals surface area contributed by atoms with E-state index in [2.05, 4.69) is 10.5 Å². The Morgan fingerprint density at radius 1 is 1.15 bits per heavy atom. The fourth-order valence-corrected chi connectivity index (χ4v) is 1.62. The number of carbonyl (C=O) groups is 1. The van der Waals surface area contributed by atoms with Gasteiger partial charge in [0.1, 0.15) is 0 Å². The van der Waals surface area contributed by atoms with Gasteiger partial charge in [-0.3, -0.25) is 4.79 Å². The summed E-state index contributed by atoms with van der Waals surface area (Å²) in [5.74, 6) is -1.09. The van der Waals surface area contributed by atoms with Crippen molar-refractivity contribution in [3.63, 3.8) is 0 Å². The molecule has 2 aromatic rings. The minimum absolute atomic E-state index is 0.210. The Hall–Kier alpha value is -2.82. The van der Waals surface area contributed by atoms with Gasteiger partial charge in [-0.2, -0.15) is 5.10 Å². The highest BCUT2D eigenvalue weighted by atomic mass is 16.3. The Morgan fingerprint density at radius 2 is 1.90 bits per heavy atom. The predicted octanol–water partition coefficient (Wildman–Crippen LogP) is 2.17. The van der Waals surface area contributed by atoms with Gasteiger partial charge in [0.2, 0.25) is 0 Å². The second kappa shape index (κ2) is 5.88. The zero-order valence-corrected chi connectivity index (χ0v) is 10.9. The van der Waals surface area contributed by atoms with E-state index in [1.165, 1.54) is 18.2 Å². The first-order chi connectivity index (χ1) is 9.58. The molecule has 102 valence electrons. The molecule has 0 aromatic heterocycles. The van der Waals surface area contributed by atoms with Gasteiger partial charge in [0.25, 0.3) is 5.91 Å². The topological polar surface area (TPSA) is 81.9 Å². The summed E-state index contributed by atoms with van der Waals surface area (Å²) >= 11 is 0. The lowest BCUT2D eigenvalue weighted by molar-refractivity contribution is 0.0954. The molecule has 0 saturated heterocycles. The van der Waals surface area contributed by atoms with E-state index in [0.29, 0.717) is 0 Å². The van der Waals surface area contributed by atoms with Crippen LogP contribution in [0, 0.1) is 6.92 Å². The molecule has 0 aliphatic carbocycles. The number of rotatable bonds is 3. The van der Waals surface area contributed by atoms with Crippen molar-refractivity contribution in [3.05, 3.63) is 59.2 Å². The van der Waals surface area contributed by atoms with E-state index < -0.39 is 5.91 Å². The standard InChI is InChI=1S/C15H14N2O3/c1-10-4-2-3-5-12(10)9-16-17-15(20)11-6-7-13(18)14(19)8-11/h2-9,18-19H,1H3,(H,17,20). The molecule has 1 amide bonds. The van der Waals surface area contributed by atoms with Crippen molar-refractivity contribution in [3.8, 4) is 11.5 Å². The van der Waals surface area contributed by atoms with Crippen LogP contribution in [0.15, 0.2) is 47.6 Å². The van der Waals surface area contributed by atoms with Gasteiger partial charge in [-0.05, 0) is 36.2 Å². The highest BCUT2D eigenvalue weighted by Gasteiger charge is 2.07. The minimum Gasteiger partial charge on any atom is -0.504 e. The maximum absolute atomic E-state index is 11.8. The molecule has 0 spiro atoms. The molecule has 0 radical (unpaired) electrons. The zero-order valence-electron chi connectivity index (χ0n) is 10.9. The summed E-state index contributed by atoms with van der Waals surface area (Å²) in [4.78, 5) is 11.8.